The van der Waals surface area contributed by atoms with Crippen molar-refractivity contribution >= 4 is 11.5 Å². The van der Waals surface area contributed by atoms with Crippen molar-refractivity contribution in [2.45, 2.75) is 37.8 Å². The fourth-order valence-electron chi connectivity index (χ4n) is 1.65. The van der Waals surface area contributed by atoms with Gasteiger partial charge in [-0.2, -0.15) is 9.36 Å². The lowest BCUT2D eigenvalue weighted by Crippen LogP contribution is -2.33. The molecule has 0 aromatic carbocycles. The second kappa shape index (κ2) is 4.02. The summed E-state index contributed by atoms with van der Waals surface area (Å²) in [6.07, 6.45) is 6.08. The van der Waals surface area contributed by atoms with Crippen LogP contribution in [0.2, 0.25) is 0 Å². The Hall–Kier alpha value is -0.680. The number of aromatic nitrogens is 2. The van der Waals surface area contributed by atoms with Crippen LogP contribution >= 0.6 is 11.5 Å². The molecule has 0 amide bonds. The third-order valence-corrected chi connectivity index (χ3v) is 2.83. The summed E-state index contributed by atoms with van der Waals surface area (Å²) in [4.78, 5) is 3.98. The first-order valence-electron chi connectivity index (χ1n) is 4.53. The fourth-order valence-corrected chi connectivity index (χ4v) is 2.10. The van der Waals surface area contributed by atoms with Gasteiger partial charge in [-0.05, 0) is 25.7 Å². The number of rotatable bonds is 2. The van der Waals surface area contributed by atoms with Gasteiger partial charge in [-0.25, -0.2) is 0 Å². The topological polar surface area (TPSA) is 61.0 Å². The highest BCUT2D eigenvalue weighted by Gasteiger charge is 2.21. The van der Waals surface area contributed by atoms with Gasteiger partial charge >= 0.3 is 0 Å². The van der Waals surface area contributed by atoms with Crippen LogP contribution in [0, 0.1) is 0 Å². The van der Waals surface area contributed by atoms with Crippen LogP contribution in [0.15, 0.2) is 6.33 Å². The Bertz CT molecular complexity index is 252. The highest BCUT2D eigenvalue weighted by Crippen LogP contribution is 2.22. The molecule has 2 unspecified atom stereocenters. The Labute approximate surface area is 81.3 Å². The van der Waals surface area contributed by atoms with Gasteiger partial charge in [0, 0.05) is 17.6 Å². The first-order valence-corrected chi connectivity index (χ1v) is 5.31. The summed E-state index contributed by atoms with van der Waals surface area (Å²) in [6.45, 7) is 0. The van der Waals surface area contributed by atoms with Crippen molar-refractivity contribution < 1.29 is 4.74 Å². The fraction of sp³-hybridized carbons (Fsp3) is 0.750. The van der Waals surface area contributed by atoms with Crippen molar-refractivity contribution in [3.63, 3.8) is 0 Å². The SMILES string of the molecule is NC1CCCC(Oc2ncns2)C1. The molecule has 0 bridgehead atoms. The summed E-state index contributed by atoms with van der Waals surface area (Å²) in [6, 6.07) is 0.298. The molecule has 0 radical (unpaired) electrons. The molecule has 1 aliphatic rings. The van der Waals surface area contributed by atoms with Crippen LogP contribution in [0.1, 0.15) is 25.7 Å². The predicted octanol–water partition coefficient (Wildman–Crippen LogP) is 1.19. The van der Waals surface area contributed by atoms with E-state index in [-0.39, 0.29) is 6.10 Å². The molecular formula is C8H13N3OS. The lowest BCUT2D eigenvalue weighted by atomic mass is 9.94. The summed E-state index contributed by atoms with van der Waals surface area (Å²) in [7, 11) is 0. The van der Waals surface area contributed by atoms with Crippen molar-refractivity contribution in [1.82, 2.24) is 9.36 Å². The maximum absolute atomic E-state index is 5.84. The number of hydrogen-bond acceptors (Lipinski definition) is 5. The lowest BCUT2D eigenvalue weighted by molar-refractivity contribution is 0.144. The van der Waals surface area contributed by atoms with Gasteiger partial charge in [-0.15, -0.1) is 0 Å². The van der Waals surface area contributed by atoms with E-state index < -0.39 is 0 Å². The van der Waals surface area contributed by atoms with Crippen LogP contribution in [0.3, 0.4) is 0 Å². The molecule has 2 rings (SSSR count). The van der Waals surface area contributed by atoms with Crippen LogP contribution in [-0.2, 0) is 0 Å². The van der Waals surface area contributed by atoms with Crippen LogP contribution in [-0.4, -0.2) is 21.5 Å². The Morgan fingerprint density at radius 1 is 1.54 bits per heavy atom. The van der Waals surface area contributed by atoms with E-state index in [1.165, 1.54) is 17.9 Å². The van der Waals surface area contributed by atoms with Crippen molar-refractivity contribution in [3.05, 3.63) is 6.33 Å². The van der Waals surface area contributed by atoms with Crippen molar-refractivity contribution in [1.29, 1.82) is 0 Å². The van der Waals surface area contributed by atoms with Gasteiger partial charge in [0.1, 0.15) is 12.4 Å². The normalized spacial score (nSPS) is 28.7. The number of nitrogens with two attached hydrogens (primary N) is 1. The predicted molar refractivity (Wildman–Crippen MR) is 50.8 cm³/mol. The number of hydrogen-bond donors (Lipinski definition) is 1. The molecule has 72 valence electrons. The Morgan fingerprint density at radius 3 is 3.15 bits per heavy atom. The Balaban J connectivity index is 1.87. The van der Waals surface area contributed by atoms with Gasteiger partial charge in [0.15, 0.2) is 0 Å². The first-order chi connectivity index (χ1) is 6.34. The van der Waals surface area contributed by atoms with E-state index >= 15 is 0 Å². The van der Waals surface area contributed by atoms with E-state index in [1.807, 2.05) is 0 Å². The monoisotopic (exact) mass is 199 g/mol. The highest BCUT2D eigenvalue weighted by atomic mass is 32.1. The van der Waals surface area contributed by atoms with E-state index in [9.17, 15) is 0 Å². The smallest absolute Gasteiger partial charge is 0.293 e. The van der Waals surface area contributed by atoms with Crippen LogP contribution < -0.4 is 10.5 Å². The molecule has 2 N–H and O–H groups in total. The summed E-state index contributed by atoms with van der Waals surface area (Å²) in [5.74, 6) is 0. The second-order valence-electron chi connectivity index (χ2n) is 3.37. The summed E-state index contributed by atoms with van der Waals surface area (Å²) in [5, 5.41) is 0.666. The molecule has 1 aliphatic carbocycles. The van der Waals surface area contributed by atoms with Crippen molar-refractivity contribution in [3.8, 4) is 5.19 Å². The number of ether oxygens (including phenoxy) is 1. The molecule has 0 spiro atoms. The van der Waals surface area contributed by atoms with Gasteiger partial charge in [0.05, 0.1) is 0 Å². The van der Waals surface area contributed by atoms with Crippen molar-refractivity contribution in [2.75, 3.05) is 0 Å². The molecule has 1 saturated carbocycles. The molecule has 0 aliphatic heterocycles. The van der Waals surface area contributed by atoms with Gasteiger partial charge in [-0.1, -0.05) is 0 Å². The molecule has 4 nitrogen and oxygen atoms in total. The second-order valence-corrected chi connectivity index (χ2v) is 4.12. The van der Waals surface area contributed by atoms with E-state index in [1.54, 1.807) is 0 Å². The zero-order valence-corrected chi connectivity index (χ0v) is 8.17. The molecule has 1 heterocycles. The van der Waals surface area contributed by atoms with E-state index in [2.05, 4.69) is 9.36 Å². The zero-order valence-electron chi connectivity index (χ0n) is 7.35. The van der Waals surface area contributed by atoms with E-state index in [0.29, 0.717) is 11.2 Å². The molecule has 1 aromatic rings. The third-order valence-electron chi connectivity index (χ3n) is 2.28. The maximum Gasteiger partial charge on any atom is 0.293 e. The average molecular weight is 199 g/mol. The molecule has 2 atom stereocenters. The third kappa shape index (κ3) is 2.38. The number of nitrogens with zero attached hydrogens (tertiary/aromatic N) is 2. The van der Waals surface area contributed by atoms with E-state index in [0.717, 1.165) is 25.7 Å². The lowest BCUT2D eigenvalue weighted by Gasteiger charge is -2.25. The summed E-state index contributed by atoms with van der Waals surface area (Å²) >= 11 is 1.29. The minimum atomic E-state index is 0.247. The molecule has 5 heteroatoms. The Kier molecular flexibility index (Phi) is 2.75. The summed E-state index contributed by atoms with van der Waals surface area (Å²) in [5.41, 5.74) is 5.84. The molecule has 1 aromatic heterocycles. The molecule has 0 saturated heterocycles. The van der Waals surface area contributed by atoms with Gasteiger partial charge in [0.2, 0.25) is 0 Å². The zero-order chi connectivity index (χ0) is 9.10. The van der Waals surface area contributed by atoms with Gasteiger partial charge < -0.3 is 10.5 Å². The summed E-state index contributed by atoms with van der Waals surface area (Å²) < 4.78 is 9.51. The Morgan fingerprint density at radius 2 is 2.46 bits per heavy atom. The van der Waals surface area contributed by atoms with Crippen molar-refractivity contribution in [2.24, 2.45) is 5.73 Å². The molecule has 1 fully saturated rings. The molecule has 13 heavy (non-hydrogen) atoms. The van der Waals surface area contributed by atoms with Crippen LogP contribution in [0.5, 0.6) is 5.19 Å². The largest absolute Gasteiger partial charge is 0.466 e. The minimum Gasteiger partial charge on any atom is -0.466 e. The average Bonchev–Trinajstić information content (AvgIpc) is 2.57. The highest BCUT2D eigenvalue weighted by molar-refractivity contribution is 7.07. The molecular weight excluding hydrogens is 186 g/mol. The standard InChI is InChI=1S/C8H13N3OS/c9-6-2-1-3-7(4-6)12-8-10-5-11-13-8/h5-7H,1-4,9H2. The first kappa shape index (κ1) is 8.90. The van der Waals surface area contributed by atoms with Gasteiger partial charge in [-0.3, -0.25) is 0 Å². The maximum atomic E-state index is 5.84. The minimum absolute atomic E-state index is 0.247. The van der Waals surface area contributed by atoms with Crippen LogP contribution in [0.25, 0.3) is 0 Å². The quantitative estimate of drug-likeness (QED) is 0.777. The van der Waals surface area contributed by atoms with Crippen LogP contribution in [0.4, 0.5) is 0 Å². The van der Waals surface area contributed by atoms with E-state index in [4.69, 9.17) is 10.5 Å². The van der Waals surface area contributed by atoms with Gasteiger partial charge in [0.25, 0.3) is 5.19 Å².